The average Bonchev–Trinajstić information content (AvgIpc) is 3.07. The molecule has 1 aliphatic heterocycles. The number of hydrogen-bond acceptors (Lipinski definition) is 2. The van der Waals surface area contributed by atoms with E-state index in [0.29, 0.717) is 10.4 Å². The van der Waals surface area contributed by atoms with Crippen LogP contribution in [0, 0.1) is 11.3 Å². The van der Waals surface area contributed by atoms with Crippen molar-refractivity contribution in [2.75, 3.05) is 18.0 Å². The zero-order valence-corrected chi connectivity index (χ0v) is 12.4. The summed E-state index contributed by atoms with van der Waals surface area (Å²) >= 11 is 5.11. The minimum atomic E-state index is 0.371. The van der Waals surface area contributed by atoms with Crippen molar-refractivity contribution < 1.29 is 0 Å². The molecule has 0 aromatic heterocycles. The largest absolute Gasteiger partial charge is 0.393 e. The van der Waals surface area contributed by atoms with Crippen LogP contribution in [-0.4, -0.2) is 18.1 Å². The number of fused-ring (bicyclic) bond motifs is 1. The molecule has 0 bridgehead atoms. The number of para-hydroxylation sites is 1. The number of nitrogens with two attached hydrogens (primary N) is 1. The van der Waals surface area contributed by atoms with Gasteiger partial charge in [-0.15, -0.1) is 0 Å². The van der Waals surface area contributed by atoms with E-state index >= 15 is 0 Å². The van der Waals surface area contributed by atoms with E-state index in [1.165, 1.54) is 30.5 Å². The second-order valence-corrected chi connectivity index (χ2v) is 6.99. The fourth-order valence-electron chi connectivity index (χ4n) is 3.40. The molecular weight excluding hydrogens is 252 g/mol. The molecule has 1 aliphatic carbocycles. The third kappa shape index (κ3) is 2.76. The molecule has 1 heterocycles. The van der Waals surface area contributed by atoms with Crippen molar-refractivity contribution in [1.29, 1.82) is 0 Å². The number of rotatable bonds is 4. The van der Waals surface area contributed by atoms with Gasteiger partial charge in [0.05, 0.1) is 4.99 Å². The minimum absolute atomic E-state index is 0.371. The Kier molecular flexibility index (Phi) is 3.25. The van der Waals surface area contributed by atoms with Crippen LogP contribution < -0.4 is 10.6 Å². The quantitative estimate of drug-likeness (QED) is 0.855. The SMILES string of the molecule is CC1Cc2ccccc2N(CC2(CC(N)=S)CC2)C1. The van der Waals surface area contributed by atoms with Crippen LogP contribution in [-0.2, 0) is 6.42 Å². The zero-order valence-electron chi connectivity index (χ0n) is 11.6. The molecule has 1 atom stereocenters. The summed E-state index contributed by atoms with van der Waals surface area (Å²) in [7, 11) is 0. The van der Waals surface area contributed by atoms with Gasteiger partial charge in [-0.25, -0.2) is 0 Å². The molecular formula is C16H22N2S. The highest BCUT2D eigenvalue weighted by Crippen LogP contribution is 2.50. The molecule has 2 nitrogen and oxygen atoms in total. The average molecular weight is 274 g/mol. The maximum Gasteiger partial charge on any atom is 0.0733 e. The minimum Gasteiger partial charge on any atom is -0.393 e. The number of nitrogens with zero attached hydrogens (tertiary/aromatic N) is 1. The topological polar surface area (TPSA) is 29.3 Å². The molecule has 0 spiro atoms. The summed E-state index contributed by atoms with van der Waals surface area (Å²) in [6.07, 6.45) is 4.67. The monoisotopic (exact) mass is 274 g/mol. The first-order valence-corrected chi connectivity index (χ1v) is 7.60. The van der Waals surface area contributed by atoms with Gasteiger partial charge in [-0.2, -0.15) is 0 Å². The third-order valence-corrected chi connectivity index (χ3v) is 4.61. The van der Waals surface area contributed by atoms with Gasteiger partial charge >= 0.3 is 0 Å². The van der Waals surface area contributed by atoms with Crippen LogP contribution in [0.4, 0.5) is 5.69 Å². The van der Waals surface area contributed by atoms with Crippen LogP contribution in [0.2, 0.25) is 0 Å². The van der Waals surface area contributed by atoms with Gasteiger partial charge in [0.15, 0.2) is 0 Å². The van der Waals surface area contributed by atoms with Crippen LogP contribution in [0.1, 0.15) is 31.7 Å². The first-order chi connectivity index (χ1) is 9.08. The molecule has 3 rings (SSSR count). The third-order valence-electron chi connectivity index (χ3n) is 4.47. The highest BCUT2D eigenvalue weighted by atomic mass is 32.1. The first kappa shape index (κ1) is 12.9. The van der Waals surface area contributed by atoms with Crippen LogP contribution >= 0.6 is 12.2 Å². The molecule has 0 radical (unpaired) electrons. The van der Waals surface area contributed by atoms with Gasteiger partial charge in [0.1, 0.15) is 0 Å². The summed E-state index contributed by atoms with van der Waals surface area (Å²) in [6.45, 7) is 4.62. The molecule has 3 heteroatoms. The van der Waals surface area contributed by atoms with Crippen molar-refractivity contribution in [3.63, 3.8) is 0 Å². The van der Waals surface area contributed by atoms with Crippen LogP contribution in [0.25, 0.3) is 0 Å². The molecule has 2 aliphatic rings. The standard InChI is InChI=1S/C16H22N2S/c1-12-8-13-4-2-3-5-14(13)18(10-12)11-16(6-7-16)9-15(17)19/h2-5,12H,6-11H2,1H3,(H2,17,19). The Balaban J connectivity index is 1.80. The highest BCUT2D eigenvalue weighted by Gasteiger charge is 2.45. The van der Waals surface area contributed by atoms with Gasteiger partial charge < -0.3 is 10.6 Å². The maximum atomic E-state index is 5.76. The van der Waals surface area contributed by atoms with E-state index in [-0.39, 0.29) is 0 Å². The van der Waals surface area contributed by atoms with Crippen molar-refractivity contribution >= 4 is 22.9 Å². The van der Waals surface area contributed by atoms with E-state index in [9.17, 15) is 0 Å². The molecule has 1 fully saturated rings. The van der Waals surface area contributed by atoms with Crippen LogP contribution in [0.5, 0.6) is 0 Å². The molecule has 0 saturated heterocycles. The lowest BCUT2D eigenvalue weighted by atomic mass is 9.92. The highest BCUT2D eigenvalue weighted by molar-refractivity contribution is 7.80. The van der Waals surface area contributed by atoms with E-state index < -0.39 is 0 Å². The Morgan fingerprint density at radius 1 is 1.42 bits per heavy atom. The number of hydrogen-bond donors (Lipinski definition) is 1. The first-order valence-electron chi connectivity index (χ1n) is 7.19. The summed E-state index contributed by atoms with van der Waals surface area (Å²) in [6, 6.07) is 8.83. The Labute approximate surface area is 121 Å². The van der Waals surface area contributed by atoms with E-state index in [1.807, 2.05) is 0 Å². The van der Waals surface area contributed by atoms with Gasteiger partial charge in [-0.3, -0.25) is 0 Å². The lowest BCUT2D eigenvalue weighted by Crippen LogP contribution is -2.39. The fraction of sp³-hybridized carbons (Fsp3) is 0.562. The molecule has 1 aromatic carbocycles. The number of benzene rings is 1. The lowest BCUT2D eigenvalue weighted by Gasteiger charge is -2.37. The van der Waals surface area contributed by atoms with Crippen LogP contribution in [0.3, 0.4) is 0 Å². The number of thiocarbonyl (C=S) groups is 1. The predicted octanol–water partition coefficient (Wildman–Crippen LogP) is 3.14. The molecule has 2 N–H and O–H groups in total. The molecule has 0 amide bonds. The molecule has 1 unspecified atom stereocenters. The van der Waals surface area contributed by atoms with E-state index in [2.05, 4.69) is 36.1 Å². The molecule has 1 saturated carbocycles. The Bertz CT molecular complexity index is 493. The maximum absolute atomic E-state index is 5.76. The van der Waals surface area contributed by atoms with Crippen molar-refractivity contribution in [1.82, 2.24) is 0 Å². The number of anilines is 1. The van der Waals surface area contributed by atoms with Crippen LogP contribution in [0.15, 0.2) is 24.3 Å². The molecule has 102 valence electrons. The Morgan fingerprint density at radius 2 is 2.16 bits per heavy atom. The summed E-state index contributed by atoms with van der Waals surface area (Å²) in [4.78, 5) is 3.24. The van der Waals surface area contributed by atoms with Crippen molar-refractivity contribution in [2.45, 2.75) is 32.6 Å². The van der Waals surface area contributed by atoms with Gasteiger partial charge in [0.2, 0.25) is 0 Å². The van der Waals surface area contributed by atoms with E-state index in [4.69, 9.17) is 18.0 Å². The van der Waals surface area contributed by atoms with Gasteiger partial charge in [-0.1, -0.05) is 37.3 Å². The van der Waals surface area contributed by atoms with Gasteiger partial charge in [0, 0.05) is 25.2 Å². The lowest BCUT2D eigenvalue weighted by molar-refractivity contribution is 0.463. The Hall–Kier alpha value is -1.09. The normalized spacial score (nSPS) is 23.8. The van der Waals surface area contributed by atoms with E-state index in [0.717, 1.165) is 25.4 Å². The summed E-state index contributed by atoms with van der Waals surface area (Å²) < 4.78 is 0. The summed E-state index contributed by atoms with van der Waals surface area (Å²) in [5, 5.41) is 0. The second kappa shape index (κ2) is 4.78. The van der Waals surface area contributed by atoms with E-state index in [1.54, 1.807) is 0 Å². The van der Waals surface area contributed by atoms with Crippen molar-refractivity contribution in [3.8, 4) is 0 Å². The smallest absolute Gasteiger partial charge is 0.0733 e. The van der Waals surface area contributed by atoms with Gasteiger partial charge in [-0.05, 0) is 42.2 Å². The predicted molar refractivity (Wildman–Crippen MR) is 84.6 cm³/mol. The summed E-state index contributed by atoms with van der Waals surface area (Å²) in [5.74, 6) is 0.732. The Morgan fingerprint density at radius 3 is 2.84 bits per heavy atom. The van der Waals surface area contributed by atoms with Crippen molar-refractivity contribution in [2.24, 2.45) is 17.1 Å². The zero-order chi connectivity index (χ0) is 13.5. The van der Waals surface area contributed by atoms with Crippen molar-refractivity contribution in [3.05, 3.63) is 29.8 Å². The van der Waals surface area contributed by atoms with Gasteiger partial charge in [0.25, 0.3) is 0 Å². The summed E-state index contributed by atoms with van der Waals surface area (Å²) in [5.41, 5.74) is 9.05. The second-order valence-electron chi connectivity index (χ2n) is 6.46. The molecule has 19 heavy (non-hydrogen) atoms. The molecule has 1 aromatic rings. The fourth-order valence-corrected chi connectivity index (χ4v) is 3.70.